The van der Waals surface area contributed by atoms with E-state index in [1.165, 1.54) is 6.20 Å². The highest BCUT2D eigenvalue weighted by Gasteiger charge is 2.28. The lowest BCUT2D eigenvalue weighted by atomic mass is 10.0. The smallest absolute Gasteiger partial charge is 0.339 e. The Hall–Kier alpha value is -1.58. The van der Waals surface area contributed by atoms with Gasteiger partial charge < -0.3 is 10.0 Å². The summed E-state index contributed by atoms with van der Waals surface area (Å²) >= 11 is 0. The van der Waals surface area contributed by atoms with Gasteiger partial charge in [-0.3, -0.25) is 4.98 Å². The zero-order valence-corrected chi connectivity index (χ0v) is 9.55. The number of aromatic carboxylic acids is 1. The number of anilines is 1. The lowest BCUT2D eigenvalue weighted by molar-refractivity contribution is 0.0697. The Morgan fingerprint density at radius 2 is 2.06 bits per heavy atom. The summed E-state index contributed by atoms with van der Waals surface area (Å²) in [5.41, 5.74) is 1.09. The molecule has 0 saturated carbocycles. The molecule has 0 spiro atoms. The van der Waals surface area contributed by atoms with Gasteiger partial charge in [-0.15, -0.1) is 0 Å². The van der Waals surface area contributed by atoms with Gasteiger partial charge in [0, 0.05) is 25.5 Å². The zero-order chi connectivity index (χ0) is 11.7. The van der Waals surface area contributed by atoms with Crippen LogP contribution in [0, 0.1) is 11.8 Å². The zero-order valence-electron chi connectivity index (χ0n) is 9.55. The van der Waals surface area contributed by atoms with Crippen LogP contribution in [-0.4, -0.2) is 29.1 Å². The molecular formula is C12H16N2O2. The van der Waals surface area contributed by atoms with E-state index in [1.807, 2.05) is 0 Å². The molecule has 2 heterocycles. The van der Waals surface area contributed by atoms with Gasteiger partial charge in [-0.05, 0) is 17.9 Å². The van der Waals surface area contributed by atoms with Crippen LogP contribution < -0.4 is 4.90 Å². The summed E-state index contributed by atoms with van der Waals surface area (Å²) in [6.45, 7) is 6.25. The van der Waals surface area contributed by atoms with Crippen LogP contribution in [0.4, 0.5) is 5.69 Å². The summed E-state index contributed by atoms with van der Waals surface area (Å²) in [7, 11) is 0. The third kappa shape index (κ3) is 1.87. The molecular weight excluding hydrogens is 204 g/mol. The molecule has 1 saturated heterocycles. The van der Waals surface area contributed by atoms with E-state index in [-0.39, 0.29) is 0 Å². The Bertz CT molecular complexity index is 396. The number of hydrogen-bond donors (Lipinski definition) is 1. The summed E-state index contributed by atoms with van der Waals surface area (Å²) in [4.78, 5) is 17.1. The standard InChI is InChI=1S/C12H16N2O2/c1-8-6-14(7-9(8)2)11-3-4-13-5-10(11)12(15)16/h3-5,8-9H,6-7H2,1-2H3,(H,15,16). The lowest BCUT2D eigenvalue weighted by Crippen LogP contribution is -2.22. The fourth-order valence-corrected chi connectivity index (χ4v) is 2.15. The predicted octanol–water partition coefficient (Wildman–Crippen LogP) is 1.87. The molecule has 4 heteroatoms. The quantitative estimate of drug-likeness (QED) is 0.826. The number of carboxylic acid groups (broad SMARTS) is 1. The first-order chi connectivity index (χ1) is 7.59. The van der Waals surface area contributed by atoms with Crippen LogP contribution >= 0.6 is 0 Å². The van der Waals surface area contributed by atoms with Gasteiger partial charge in [0.25, 0.3) is 0 Å². The molecule has 1 fully saturated rings. The molecule has 1 aliphatic rings. The van der Waals surface area contributed by atoms with Gasteiger partial charge in [0.2, 0.25) is 0 Å². The van der Waals surface area contributed by atoms with Crippen LogP contribution in [0.15, 0.2) is 18.5 Å². The number of rotatable bonds is 2. The van der Waals surface area contributed by atoms with E-state index in [9.17, 15) is 4.79 Å². The highest BCUT2D eigenvalue weighted by Crippen LogP contribution is 2.29. The van der Waals surface area contributed by atoms with Crippen molar-refractivity contribution in [2.45, 2.75) is 13.8 Å². The van der Waals surface area contributed by atoms with Crippen molar-refractivity contribution in [2.75, 3.05) is 18.0 Å². The summed E-state index contributed by atoms with van der Waals surface area (Å²) in [6.07, 6.45) is 3.07. The SMILES string of the molecule is CC1CN(c2ccncc2C(=O)O)CC1C. The van der Waals surface area contributed by atoms with E-state index in [0.29, 0.717) is 17.4 Å². The van der Waals surface area contributed by atoms with Gasteiger partial charge in [-0.1, -0.05) is 13.8 Å². The van der Waals surface area contributed by atoms with Gasteiger partial charge in [-0.25, -0.2) is 4.79 Å². The van der Waals surface area contributed by atoms with Crippen LogP contribution in [0.25, 0.3) is 0 Å². The Kier molecular flexibility index (Phi) is 2.81. The van der Waals surface area contributed by atoms with Crippen molar-refractivity contribution in [2.24, 2.45) is 11.8 Å². The average Bonchev–Trinajstić information content (AvgIpc) is 2.59. The van der Waals surface area contributed by atoms with Gasteiger partial charge in [0.05, 0.1) is 5.69 Å². The number of hydrogen-bond acceptors (Lipinski definition) is 3. The molecule has 1 aromatic rings. The molecule has 2 unspecified atom stereocenters. The molecule has 86 valence electrons. The van der Waals surface area contributed by atoms with Crippen molar-refractivity contribution in [1.82, 2.24) is 4.98 Å². The van der Waals surface area contributed by atoms with Crippen molar-refractivity contribution in [3.63, 3.8) is 0 Å². The van der Waals surface area contributed by atoms with Gasteiger partial charge >= 0.3 is 5.97 Å². The second kappa shape index (κ2) is 4.12. The Morgan fingerprint density at radius 3 is 2.62 bits per heavy atom. The van der Waals surface area contributed by atoms with Gasteiger partial charge in [0.15, 0.2) is 0 Å². The van der Waals surface area contributed by atoms with E-state index >= 15 is 0 Å². The van der Waals surface area contributed by atoms with E-state index < -0.39 is 5.97 Å². The fourth-order valence-electron chi connectivity index (χ4n) is 2.15. The Balaban J connectivity index is 2.31. The molecule has 0 aliphatic carbocycles. The fraction of sp³-hybridized carbons (Fsp3) is 0.500. The molecule has 2 rings (SSSR count). The maximum absolute atomic E-state index is 11.1. The van der Waals surface area contributed by atoms with Crippen molar-refractivity contribution >= 4 is 11.7 Å². The normalized spacial score (nSPS) is 24.8. The first kappa shape index (κ1) is 10.9. The first-order valence-corrected chi connectivity index (χ1v) is 5.52. The summed E-state index contributed by atoms with van der Waals surface area (Å²) in [6, 6.07) is 1.79. The van der Waals surface area contributed by atoms with Crippen LogP contribution in [0.3, 0.4) is 0 Å². The maximum atomic E-state index is 11.1. The van der Waals surface area contributed by atoms with E-state index in [1.54, 1.807) is 12.3 Å². The van der Waals surface area contributed by atoms with E-state index in [4.69, 9.17) is 5.11 Å². The van der Waals surface area contributed by atoms with Crippen molar-refractivity contribution in [3.05, 3.63) is 24.0 Å². The summed E-state index contributed by atoms with van der Waals surface area (Å²) in [5, 5.41) is 9.09. The number of pyridine rings is 1. The second-order valence-electron chi connectivity index (χ2n) is 4.56. The molecule has 0 radical (unpaired) electrons. The minimum atomic E-state index is -0.907. The molecule has 1 aromatic heterocycles. The Labute approximate surface area is 94.9 Å². The molecule has 4 nitrogen and oxygen atoms in total. The van der Waals surface area contributed by atoms with E-state index in [0.717, 1.165) is 18.8 Å². The van der Waals surface area contributed by atoms with E-state index in [2.05, 4.69) is 23.7 Å². The molecule has 16 heavy (non-hydrogen) atoms. The topological polar surface area (TPSA) is 53.4 Å². The van der Waals surface area contributed by atoms with Crippen LogP contribution in [0.2, 0.25) is 0 Å². The summed E-state index contributed by atoms with van der Waals surface area (Å²) < 4.78 is 0. The predicted molar refractivity (Wildman–Crippen MR) is 61.7 cm³/mol. The minimum absolute atomic E-state index is 0.295. The molecule has 0 amide bonds. The van der Waals surface area contributed by atoms with Crippen LogP contribution in [0.1, 0.15) is 24.2 Å². The number of carboxylic acids is 1. The lowest BCUT2D eigenvalue weighted by Gasteiger charge is -2.19. The van der Waals surface area contributed by atoms with Crippen molar-refractivity contribution in [1.29, 1.82) is 0 Å². The maximum Gasteiger partial charge on any atom is 0.339 e. The van der Waals surface area contributed by atoms with Crippen LogP contribution in [0.5, 0.6) is 0 Å². The van der Waals surface area contributed by atoms with Gasteiger partial charge in [-0.2, -0.15) is 0 Å². The average molecular weight is 220 g/mol. The number of nitrogens with zero attached hydrogens (tertiary/aromatic N) is 2. The van der Waals surface area contributed by atoms with Crippen LogP contribution in [-0.2, 0) is 0 Å². The number of carbonyl (C=O) groups is 1. The highest BCUT2D eigenvalue weighted by atomic mass is 16.4. The molecule has 1 N–H and O–H groups in total. The third-order valence-electron chi connectivity index (χ3n) is 3.36. The molecule has 1 aliphatic heterocycles. The van der Waals surface area contributed by atoms with Crippen molar-refractivity contribution < 1.29 is 9.90 Å². The molecule has 0 bridgehead atoms. The van der Waals surface area contributed by atoms with Crippen molar-refractivity contribution in [3.8, 4) is 0 Å². The highest BCUT2D eigenvalue weighted by molar-refractivity contribution is 5.94. The Morgan fingerprint density at radius 1 is 1.44 bits per heavy atom. The molecule has 2 atom stereocenters. The first-order valence-electron chi connectivity index (χ1n) is 5.52. The summed E-state index contributed by atoms with van der Waals surface area (Å²) in [5.74, 6) is 0.305. The minimum Gasteiger partial charge on any atom is -0.478 e. The second-order valence-corrected chi connectivity index (χ2v) is 4.56. The number of aromatic nitrogens is 1. The third-order valence-corrected chi connectivity index (χ3v) is 3.36. The van der Waals surface area contributed by atoms with Gasteiger partial charge in [0.1, 0.15) is 5.56 Å². The largest absolute Gasteiger partial charge is 0.478 e. The molecule has 0 aromatic carbocycles. The monoisotopic (exact) mass is 220 g/mol.